The summed E-state index contributed by atoms with van der Waals surface area (Å²) in [6.45, 7) is 0.640. The first-order valence-electron chi connectivity index (χ1n) is 5.71. The number of urea groups is 1. The number of aliphatic hydroxyl groups is 1. The molecule has 0 saturated carbocycles. The van der Waals surface area contributed by atoms with Crippen molar-refractivity contribution >= 4 is 11.9 Å². The highest BCUT2D eigenvalue weighted by molar-refractivity contribution is 6.08. The van der Waals surface area contributed by atoms with Gasteiger partial charge >= 0.3 is 6.03 Å². The van der Waals surface area contributed by atoms with Gasteiger partial charge < -0.3 is 10.4 Å². The number of imide groups is 1. The summed E-state index contributed by atoms with van der Waals surface area (Å²) < 4.78 is 0. The fourth-order valence-corrected chi connectivity index (χ4v) is 2.41. The molecule has 2 saturated heterocycles. The van der Waals surface area contributed by atoms with Crippen LogP contribution in [0.5, 0.6) is 0 Å². The zero-order valence-electron chi connectivity index (χ0n) is 9.59. The number of hydrogen-bond donors (Lipinski definition) is 3. The molecule has 3 N–H and O–H groups in total. The Balaban J connectivity index is 1.69. The second kappa shape index (κ2) is 3.79. The second-order valence-electron chi connectivity index (χ2n) is 4.68. The highest BCUT2D eigenvalue weighted by Crippen LogP contribution is 2.31. The SMILES string of the molecule is O=C1NC(=O)C2(CN(C(O)c3ccccc3)C2)N1. The van der Waals surface area contributed by atoms with Crippen LogP contribution in [0.1, 0.15) is 11.8 Å². The third kappa shape index (κ3) is 1.58. The average Bonchev–Trinajstić information content (AvgIpc) is 2.63. The van der Waals surface area contributed by atoms with Gasteiger partial charge in [-0.3, -0.25) is 15.0 Å². The van der Waals surface area contributed by atoms with Gasteiger partial charge in [0, 0.05) is 13.1 Å². The van der Waals surface area contributed by atoms with E-state index >= 15 is 0 Å². The van der Waals surface area contributed by atoms with Gasteiger partial charge in [0.2, 0.25) is 0 Å². The van der Waals surface area contributed by atoms with E-state index in [2.05, 4.69) is 10.6 Å². The third-order valence-corrected chi connectivity index (χ3v) is 3.40. The van der Waals surface area contributed by atoms with Gasteiger partial charge in [-0.2, -0.15) is 0 Å². The van der Waals surface area contributed by atoms with Gasteiger partial charge in [0.05, 0.1) is 0 Å². The zero-order chi connectivity index (χ0) is 12.8. The number of aliphatic hydroxyl groups excluding tert-OH is 1. The van der Waals surface area contributed by atoms with Crippen molar-refractivity contribution in [2.45, 2.75) is 11.8 Å². The Bertz CT molecular complexity index is 497. The Kier molecular flexibility index (Phi) is 2.36. The lowest BCUT2D eigenvalue weighted by Crippen LogP contribution is -2.71. The van der Waals surface area contributed by atoms with Crippen LogP contribution < -0.4 is 10.6 Å². The summed E-state index contributed by atoms with van der Waals surface area (Å²) in [7, 11) is 0. The Morgan fingerprint density at radius 2 is 1.89 bits per heavy atom. The highest BCUT2D eigenvalue weighted by Gasteiger charge is 2.56. The van der Waals surface area contributed by atoms with E-state index in [9.17, 15) is 14.7 Å². The van der Waals surface area contributed by atoms with Gasteiger partial charge in [0.15, 0.2) is 0 Å². The van der Waals surface area contributed by atoms with Gasteiger partial charge in [-0.15, -0.1) is 0 Å². The van der Waals surface area contributed by atoms with Gasteiger partial charge in [0.25, 0.3) is 5.91 Å². The predicted molar refractivity (Wildman–Crippen MR) is 62.4 cm³/mol. The predicted octanol–water partition coefficient (Wildman–Crippen LogP) is -0.429. The van der Waals surface area contributed by atoms with Crippen LogP contribution in [0.15, 0.2) is 30.3 Å². The lowest BCUT2D eigenvalue weighted by atomic mass is 9.89. The molecule has 2 aliphatic rings. The quantitative estimate of drug-likeness (QED) is 0.619. The van der Waals surface area contributed by atoms with Crippen LogP contribution in [-0.2, 0) is 4.79 Å². The number of likely N-dealkylation sites (tertiary alicyclic amines) is 1. The van der Waals surface area contributed by atoms with E-state index in [4.69, 9.17) is 0 Å². The minimum Gasteiger partial charge on any atom is -0.374 e. The molecule has 2 heterocycles. The lowest BCUT2D eigenvalue weighted by molar-refractivity contribution is -0.139. The normalized spacial score (nSPS) is 23.4. The number of amides is 3. The molecule has 0 radical (unpaired) electrons. The molecule has 0 aliphatic carbocycles. The maximum absolute atomic E-state index is 11.6. The van der Waals surface area contributed by atoms with E-state index in [1.54, 1.807) is 4.90 Å². The zero-order valence-corrected chi connectivity index (χ0v) is 9.59. The minimum absolute atomic E-state index is 0.316. The summed E-state index contributed by atoms with van der Waals surface area (Å²) in [6.07, 6.45) is -0.748. The molecule has 2 fully saturated rings. The molecular weight excluding hydrogens is 234 g/mol. The van der Waals surface area contributed by atoms with Crippen LogP contribution in [-0.4, -0.2) is 40.6 Å². The number of nitrogens with zero attached hydrogens (tertiary/aromatic N) is 1. The van der Waals surface area contributed by atoms with E-state index in [1.807, 2.05) is 30.3 Å². The Hall–Kier alpha value is -1.92. The molecule has 6 heteroatoms. The molecule has 1 unspecified atom stereocenters. The number of nitrogens with one attached hydrogen (secondary N) is 2. The van der Waals surface area contributed by atoms with Gasteiger partial charge in [0.1, 0.15) is 11.8 Å². The second-order valence-corrected chi connectivity index (χ2v) is 4.68. The fraction of sp³-hybridized carbons (Fsp3) is 0.333. The molecule has 1 aromatic rings. The fourth-order valence-electron chi connectivity index (χ4n) is 2.41. The largest absolute Gasteiger partial charge is 0.374 e. The van der Waals surface area contributed by atoms with Crippen LogP contribution in [0.3, 0.4) is 0 Å². The maximum Gasteiger partial charge on any atom is 0.322 e. The van der Waals surface area contributed by atoms with Crippen molar-refractivity contribution in [2.75, 3.05) is 13.1 Å². The lowest BCUT2D eigenvalue weighted by Gasteiger charge is -2.47. The number of benzene rings is 1. The molecule has 1 spiro atoms. The van der Waals surface area contributed by atoms with E-state index in [0.717, 1.165) is 5.56 Å². The monoisotopic (exact) mass is 247 g/mol. The molecule has 94 valence electrons. The van der Waals surface area contributed by atoms with Crippen molar-refractivity contribution in [1.29, 1.82) is 0 Å². The van der Waals surface area contributed by atoms with Crippen LogP contribution >= 0.6 is 0 Å². The average molecular weight is 247 g/mol. The summed E-state index contributed by atoms with van der Waals surface area (Å²) >= 11 is 0. The molecule has 3 rings (SSSR count). The van der Waals surface area contributed by atoms with Crippen molar-refractivity contribution in [3.8, 4) is 0 Å². The Morgan fingerprint density at radius 3 is 2.44 bits per heavy atom. The van der Waals surface area contributed by atoms with Gasteiger partial charge in [-0.25, -0.2) is 4.79 Å². The molecular formula is C12H13N3O3. The topological polar surface area (TPSA) is 81.7 Å². The summed E-state index contributed by atoms with van der Waals surface area (Å²) in [5, 5.41) is 14.9. The summed E-state index contributed by atoms with van der Waals surface area (Å²) in [6, 6.07) is 8.75. The maximum atomic E-state index is 11.6. The first-order valence-corrected chi connectivity index (χ1v) is 5.71. The highest BCUT2D eigenvalue weighted by atomic mass is 16.3. The van der Waals surface area contributed by atoms with Gasteiger partial charge in [-0.1, -0.05) is 30.3 Å². The van der Waals surface area contributed by atoms with E-state index in [1.165, 1.54) is 0 Å². The van der Waals surface area contributed by atoms with Crippen LogP contribution in [0, 0.1) is 0 Å². The summed E-state index contributed by atoms with van der Waals surface area (Å²) in [5.74, 6) is -0.316. The Morgan fingerprint density at radius 1 is 1.22 bits per heavy atom. The molecule has 0 aromatic heterocycles. The molecule has 18 heavy (non-hydrogen) atoms. The smallest absolute Gasteiger partial charge is 0.322 e. The number of carbonyl (C=O) groups is 2. The molecule has 1 aromatic carbocycles. The molecule has 6 nitrogen and oxygen atoms in total. The van der Waals surface area contributed by atoms with Crippen molar-refractivity contribution in [1.82, 2.24) is 15.5 Å². The van der Waals surface area contributed by atoms with Crippen LogP contribution in [0.25, 0.3) is 0 Å². The standard InChI is InChI=1S/C12H13N3O3/c16-9(8-4-2-1-3-5-8)15-6-12(7-15)10(17)13-11(18)14-12/h1-5,9,16H,6-7H2,(H2,13,14,17,18). The first kappa shape index (κ1) is 11.2. The van der Waals surface area contributed by atoms with Crippen molar-refractivity contribution in [3.63, 3.8) is 0 Å². The summed E-state index contributed by atoms with van der Waals surface area (Å²) in [5.41, 5.74) is -0.0792. The summed E-state index contributed by atoms with van der Waals surface area (Å²) in [4.78, 5) is 24.4. The van der Waals surface area contributed by atoms with Crippen LogP contribution in [0.2, 0.25) is 0 Å². The molecule has 2 aliphatic heterocycles. The van der Waals surface area contributed by atoms with E-state index in [0.29, 0.717) is 13.1 Å². The first-order chi connectivity index (χ1) is 8.61. The Labute approximate surface area is 104 Å². The number of rotatable bonds is 2. The van der Waals surface area contributed by atoms with Crippen molar-refractivity contribution in [3.05, 3.63) is 35.9 Å². The number of hydrogen-bond acceptors (Lipinski definition) is 4. The molecule has 0 bridgehead atoms. The molecule has 3 amide bonds. The van der Waals surface area contributed by atoms with Crippen molar-refractivity contribution in [2.24, 2.45) is 0 Å². The van der Waals surface area contributed by atoms with E-state index < -0.39 is 17.8 Å². The third-order valence-electron chi connectivity index (χ3n) is 3.40. The van der Waals surface area contributed by atoms with Crippen molar-refractivity contribution < 1.29 is 14.7 Å². The molecule has 1 atom stereocenters. The number of carbonyl (C=O) groups excluding carboxylic acids is 2. The minimum atomic E-state index is -0.854. The van der Waals surface area contributed by atoms with Gasteiger partial charge in [-0.05, 0) is 5.56 Å². The van der Waals surface area contributed by atoms with Crippen LogP contribution in [0.4, 0.5) is 4.79 Å². The van der Waals surface area contributed by atoms with E-state index in [-0.39, 0.29) is 5.91 Å².